The van der Waals surface area contributed by atoms with Gasteiger partial charge in [-0.2, -0.15) is 0 Å². The van der Waals surface area contributed by atoms with E-state index in [1.807, 2.05) is 55.6 Å². The van der Waals surface area contributed by atoms with Crippen LogP contribution in [-0.2, 0) is 11.3 Å². The number of carbonyl (C=O) groups excluding carboxylic acids is 1. The molecule has 34 heavy (non-hydrogen) atoms. The molecule has 0 unspecified atom stereocenters. The number of likely N-dealkylation sites (N-methyl/N-ethyl adjacent to an activating group) is 1. The van der Waals surface area contributed by atoms with Crippen molar-refractivity contribution in [2.45, 2.75) is 6.54 Å². The van der Waals surface area contributed by atoms with Crippen LogP contribution < -0.4 is 9.64 Å². The summed E-state index contributed by atoms with van der Waals surface area (Å²) in [6, 6.07) is 25.0. The number of hydrogen-bond donors (Lipinski definition) is 0. The Hall–Kier alpha value is -3.61. The molecule has 1 fully saturated rings. The first kappa shape index (κ1) is 22.2. The van der Waals surface area contributed by atoms with Crippen molar-refractivity contribution >= 4 is 57.5 Å². The van der Waals surface area contributed by atoms with Crippen LogP contribution in [0.5, 0.6) is 5.75 Å². The molecule has 5 nitrogen and oxygen atoms in total. The highest BCUT2D eigenvalue weighted by Gasteiger charge is 2.36. The van der Waals surface area contributed by atoms with Crippen LogP contribution in [0.3, 0.4) is 0 Å². The number of amides is 1. The third kappa shape index (κ3) is 4.18. The second-order valence-corrected chi connectivity index (χ2v) is 8.75. The molecule has 1 amide bonds. The minimum absolute atomic E-state index is 0.168. The summed E-state index contributed by atoms with van der Waals surface area (Å²) in [5.41, 5.74) is 3.24. The molecule has 4 aromatic rings. The van der Waals surface area contributed by atoms with E-state index in [9.17, 15) is 4.79 Å². The highest BCUT2D eigenvalue weighted by atomic mass is 35.5. The summed E-state index contributed by atoms with van der Waals surface area (Å²) < 4.78 is 8.04. The van der Waals surface area contributed by atoms with Gasteiger partial charge in [-0.15, -0.1) is 0 Å². The van der Waals surface area contributed by atoms with Gasteiger partial charge in [0.1, 0.15) is 18.1 Å². The van der Waals surface area contributed by atoms with Crippen LogP contribution >= 0.6 is 23.8 Å². The molecule has 0 N–H and O–H groups in total. The molecule has 0 saturated carbocycles. The average Bonchev–Trinajstić information content (AvgIpc) is 3.31. The quantitative estimate of drug-likeness (QED) is 0.248. The SMILES string of the molecule is CN1C(=S)N(c2ccc(Cl)cc2)C(=O)/C1=C/c1cn(CCOc2ccccc2)c2ccccc12. The minimum Gasteiger partial charge on any atom is -0.492 e. The van der Waals surface area contributed by atoms with E-state index in [2.05, 4.69) is 22.9 Å². The van der Waals surface area contributed by atoms with Crippen LogP contribution in [0.25, 0.3) is 17.0 Å². The number of thiocarbonyl (C=S) groups is 1. The second kappa shape index (κ2) is 9.33. The molecular weight excluding hydrogens is 466 g/mol. The Labute approximate surface area is 208 Å². The molecule has 0 spiro atoms. The van der Waals surface area contributed by atoms with E-state index < -0.39 is 0 Å². The number of aromatic nitrogens is 1. The third-order valence-corrected chi connectivity index (χ3v) is 6.51. The van der Waals surface area contributed by atoms with Crippen molar-refractivity contribution in [3.8, 4) is 5.75 Å². The van der Waals surface area contributed by atoms with E-state index in [1.165, 1.54) is 4.90 Å². The van der Waals surface area contributed by atoms with Crippen LogP contribution in [0.1, 0.15) is 5.56 Å². The summed E-state index contributed by atoms with van der Waals surface area (Å²) in [6.07, 6.45) is 3.96. The number of rotatable bonds is 6. The average molecular weight is 488 g/mol. The van der Waals surface area contributed by atoms with Gasteiger partial charge in [0.05, 0.1) is 12.2 Å². The predicted molar refractivity (Wildman–Crippen MR) is 141 cm³/mol. The molecule has 1 saturated heterocycles. The zero-order chi connectivity index (χ0) is 23.7. The number of carbonyl (C=O) groups is 1. The van der Waals surface area contributed by atoms with Crippen LogP contribution in [0.2, 0.25) is 5.02 Å². The smallest absolute Gasteiger partial charge is 0.281 e. The maximum absolute atomic E-state index is 13.4. The first-order valence-corrected chi connectivity index (χ1v) is 11.7. The molecule has 1 aromatic heterocycles. The molecule has 5 rings (SSSR count). The maximum Gasteiger partial charge on any atom is 0.281 e. The number of anilines is 1. The van der Waals surface area contributed by atoms with Gasteiger partial charge in [0, 0.05) is 34.7 Å². The molecule has 0 radical (unpaired) electrons. The lowest BCUT2D eigenvalue weighted by atomic mass is 10.1. The molecule has 0 atom stereocenters. The van der Waals surface area contributed by atoms with E-state index in [1.54, 1.807) is 29.2 Å². The zero-order valence-corrected chi connectivity index (χ0v) is 20.1. The fourth-order valence-corrected chi connectivity index (χ4v) is 4.49. The van der Waals surface area contributed by atoms with E-state index in [-0.39, 0.29) is 5.91 Å². The van der Waals surface area contributed by atoms with E-state index >= 15 is 0 Å². The molecule has 2 heterocycles. The van der Waals surface area contributed by atoms with Gasteiger partial charge in [0.15, 0.2) is 5.11 Å². The zero-order valence-electron chi connectivity index (χ0n) is 18.5. The number of halogens is 1. The Morgan fingerprint density at radius 1 is 0.971 bits per heavy atom. The molecule has 1 aliphatic heterocycles. The van der Waals surface area contributed by atoms with Crippen molar-refractivity contribution in [1.82, 2.24) is 9.47 Å². The Balaban J connectivity index is 1.44. The normalized spacial score (nSPS) is 15.1. The van der Waals surface area contributed by atoms with Crippen molar-refractivity contribution in [2.24, 2.45) is 0 Å². The molecule has 0 aliphatic carbocycles. The van der Waals surface area contributed by atoms with Gasteiger partial charge in [-0.1, -0.05) is 48.0 Å². The van der Waals surface area contributed by atoms with E-state index in [4.69, 9.17) is 28.6 Å². The van der Waals surface area contributed by atoms with Gasteiger partial charge in [-0.3, -0.25) is 9.69 Å². The summed E-state index contributed by atoms with van der Waals surface area (Å²) >= 11 is 11.6. The highest BCUT2D eigenvalue weighted by molar-refractivity contribution is 7.80. The van der Waals surface area contributed by atoms with Crippen LogP contribution in [0.4, 0.5) is 5.69 Å². The van der Waals surface area contributed by atoms with Gasteiger partial charge in [0.25, 0.3) is 5.91 Å². The molecule has 170 valence electrons. The highest BCUT2D eigenvalue weighted by Crippen LogP contribution is 2.31. The maximum atomic E-state index is 13.4. The topological polar surface area (TPSA) is 37.7 Å². The minimum atomic E-state index is -0.168. The number of hydrogen-bond acceptors (Lipinski definition) is 3. The van der Waals surface area contributed by atoms with Gasteiger partial charge >= 0.3 is 0 Å². The van der Waals surface area contributed by atoms with Crippen LogP contribution in [-0.4, -0.2) is 34.1 Å². The molecule has 3 aromatic carbocycles. The molecule has 0 bridgehead atoms. The Kier molecular flexibility index (Phi) is 6.09. The number of benzene rings is 3. The van der Waals surface area contributed by atoms with Crippen molar-refractivity contribution in [2.75, 3.05) is 18.6 Å². The standard InChI is InChI=1S/C27H22ClN3O2S/c1-29-25(26(32)31(27(29)34)21-13-11-20(28)12-14-21)17-19-18-30(24-10-6-5-9-23(19)24)15-16-33-22-7-3-2-4-8-22/h2-14,17-18H,15-16H2,1H3/b25-17-. The fraction of sp³-hybridized carbons (Fsp3) is 0.111. The predicted octanol–water partition coefficient (Wildman–Crippen LogP) is 5.98. The van der Waals surface area contributed by atoms with Gasteiger partial charge < -0.3 is 14.2 Å². The van der Waals surface area contributed by atoms with E-state index in [0.29, 0.717) is 34.7 Å². The van der Waals surface area contributed by atoms with Gasteiger partial charge in [-0.25, -0.2) is 0 Å². The van der Waals surface area contributed by atoms with Gasteiger partial charge in [-0.05, 0) is 60.8 Å². The first-order valence-electron chi connectivity index (χ1n) is 10.9. The Morgan fingerprint density at radius 3 is 2.44 bits per heavy atom. The summed E-state index contributed by atoms with van der Waals surface area (Å²) in [5, 5.41) is 2.10. The van der Waals surface area contributed by atoms with Crippen molar-refractivity contribution in [3.63, 3.8) is 0 Å². The lowest BCUT2D eigenvalue weighted by Crippen LogP contribution is -2.31. The lowest BCUT2D eigenvalue weighted by molar-refractivity contribution is -0.114. The first-order chi connectivity index (χ1) is 16.5. The molecule has 7 heteroatoms. The second-order valence-electron chi connectivity index (χ2n) is 7.94. The number of ether oxygens (including phenoxy) is 1. The molecular formula is C27H22ClN3O2S. The Bertz CT molecular complexity index is 1400. The van der Waals surface area contributed by atoms with Crippen LogP contribution in [0, 0.1) is 0 Å². The fourth-order valence-electron chi connectivity index (χ4n) is 4.08. The largest absolute Gasteiger partial charge is 0.492 e. The van der Waals surface area contributed by atoms with E-state index in [0.717, 1.165) is 22.2 Å². The number of nitrogens with zero attached hydrogens (tertiary/aromatic N) is 3. The summed E-state index contributed by atoms with van der Waals surface area (Å²) in [4.78, 5) is 16.6. The van der Waals surface area contributed by atoms with Crippen molar-refractivity contribution in [3.05, 3.63) is 101 Å². The summed E-state index contributed by atoms with van der Waals surface area (Å²) in [6.45, 7) is 1.21. The van der Waals surface area contributed by atoms with Crippen molar-refractivity contribution in [1.29, 1.82) is 0 Å². The third-order valence-electron chi connectivity index (χ3n) is 5.80. The van der Waals surface area contributed by atoms with Gasteiger partial charge in [0.2, 0.25) is 0 Å². The number of fused-ring (bicyclic) bond motifs is 1. The van der Waals surface area contributed by atoms with Crippen LogP contribution in [0.15, 0.2) is 90.8 Å². The van der Waals surface area contributed by atoms with Crippen molar-refractivity contribution < 1.29 is 9.53 Å². The Morgan fingerprint density at radius 2 is 1.68 bits per heavy atom. The summed E-state index contributed by atoms with van der Waals surface area (Å²) in [5.74, 6) is 0.675. The molecule has 1 aliphatic rings. The number of para-hydroxylation sites is 2. The summed E-state index contributed by atoms with van der Waals surface area (Å²) in [7, 11) is 1.81. The monoisotopic (exact) mass is 487 g/mol. The lowest BCUT2D eigenvalue weighted by Gasteiger charge is -2.16.